The van der Waals surface area contributed by atoms with Gasteiger partial charge in [0.05, 0.1) is 17.9 Å². The van der Waals surface area contributed by atoms with E-state index in [0.717, 1.165) is 31.4 Å². The molecule has 5 nitrogen and oxygen atoms in total. The molecule has 2 aromatic rings. The van der Waals surface area contributed by atoms with Gasteiger partial charge in [0.15, 0.2) is 0 Å². The lowest BCUT2D eigenvalue weighted by molar-refractivity contribution is 0.0525. The fourth-order valence-corrected chi connectivity index (χ4v) is 2.56. The Bertz CT molecular complexity index is 601. The Morgan fingerprint density at radius 3 is 2.57 bits per heavy atom. The van der Waals surface area contributed by atoms with Crippen molar-refractivity contribution in [2.45, 2.75) is 52.4 Å². The maximum absolute atomic E-state index is 11.7. The van der Waals surface area contributed by atoms with E-state index in [1.165, 1.54) is 6.20 Å². The van der Waals surface area contributed by atoms with Crippen molar-refractivity contribution in [1.29, 1.82) is 0 Å². The van der Waals surface area contributed by atoms with E-state index in [2.05, 4.69) is 23.8 Å². The van der Waals surface area contributed by atoms with Gasteiger partial charge in [0, 0.05) is 24.5 Å². The van der Waals surface area contributed by atoms with Crippen LogP contribution in [-0.2, 0) is 4.74 Å². The molecule has 5 heteroatoms. The van der Waals surface area contributed by atoms with Crippen LogP contribution in [0.5, 0.6) is 0 Å². The molecule has 2 heterocycles. The lowest BCUT2D eigenvalue weighted by Crippen LogP contribution is -2.06. The third-order valence-electron chi connectivity index (χ3n) is 3.53. The normalized spacial score (nSPS) is 11.2. The van der Waals surface area contributed by atoms with E-state index in [1.54, 1.807) is 13.1 Å². The van der Waals surface area contributed by atoms with Crippen molar-refractivity contribution < 1.29 is 9.53 Å². The van der Waals surface area contributed by atoms with Gasteiger partial charge < -0.3 is 4.74 Å². The Labute approximate surface area is 125 Å². The molecule has 114 valence electrons. The maximum Gasteiger partial charge on any atom is 0.341 e. The average molecular weight is 289 g/mol. The van der Waals surface area contributed by atoms with Crippen LogP contribution in [0, 0.1) is 0 Å². The van der Waals surface area contributed by atoms with Crippen LogP contribution < -0.4 is 0 Å². The summed E-state index contributed by atoms with van der Waals surface area (Å²) in [5.74, 6) is 0.754. The summed E-state index contributed by atoms with van der Waals surface area (Å²) in [4.78, 5) is 20.6. The van der Waals surface area contributed by atoms with Gasteiger partial charge in [0.1, 0.15) is 0 Å². The van der Waals surface area contributed by atoms with E-state index in [4.69, 9.17) is 4.74 Å². The lowest BCUT2D eigenvalue weighted by atomic mass is 9.95. The van der Waals surface area contributed by atoms with Crippen LogP contribution in [0.2, 0.25) is 0 Å². The predicted octanol–water partition coefficient (Wildman–Crippen LogP) is 3.59. The summed E-state index contributed by atoms with van der Waals surface area (Å²) in [6.07, 6.45) is 9.79. The number of hydrogen-bond acceptors (Lipinski definition) is 4. The number of carbonyl (C=O) groups is 1. The molecule has 0 aliphatic carbocycles. The van der Waals surface area contributed by atoms with Gasteiger partial charge in [-0.25, -0.2) is 14.8 Å². The fraction of sp³-hybridized carbons (Fsp3) is 0.562. The Morgan fingerprint density at radius 2 is 1.95 bits per heavy atom. The molecule has 0 aliphatic heterocycles. The van der Waals surface area contributed by atoms with Crippen LogP contribution >= 0.6 is 0 Å². The van der Waals surface area contributed by atoms with E-state index < -0.39 is 0 Å². The summed E-state index contributed by atoms with van der Waals surface area (Å²) in [6, 6.07) is 0. The Morgan fingerprint density at radius 1 is 1.24 bits per heavy atom. The second-order valence-corrected chi connectivity index (χ2v) is 5.21. The van der Waals surface area contributed by atoms with Crippen molar-refractivity contribution in [3.63, 3.8) is 0 Å². The molecule has 0 fully saturated rings. The monoisotopic (exact) mass is 289 g/mol. The molecule has 0 amide bonds. The Balaban J connectivity index is 2.30. The number of aromatic nitrogens is 3. The van der Waals surface area contributed by atoms with Crippen LogP contribution in [0.4, 0.5) is 0 Å². The van der Waals surface area contributed by atoms with Gasteiger partial charge in [0.2, 0.25) is 5.78 Å². The molecule has 0 aliphatic rings. The molecule has 0 spiro atoms. The molecule has 2 aromatic heterocycles. The maximum atomic E-state index is 11.7. The summed E-state index contributed by atoms with van der Waals surface area (Å²) in [6.45, 7) is 6.53. The van der Waals surface area contributed by atoms with Gasteiger partial charge in [-0.3, -0.25) is 4.40 Å². The zero-order valence-corrected chi connectivity index (χ0v) is 13.0. The third kappa shape index (κ3) is 3.60. The number of imidazole rings is 1. The number of ether oxygens (including phenoxy) is 1. The molecule has 0 atom stereocenters. The largest absolute Gasteiger partial charge is 0.462 e. The van der Waals surface area contributed by atoms with Gasteiger partial charge in [0.25, 0.3) is 0 Å². The molecule has 0 bridgehead atoms. The summed E-state index contributed by atoms with van der Waals surface area (Å²) in [7, 11) is 0. The topological polar surface area (TPSA) is 56.5 Å². The zero-order chi connectivity index (χ0) is 15.2. The molecule has 0 unspecified atom stereocenters. The van der Waals surface area contributed by atoms with E-state index in [-0.39, 0.29) is 5.97 Å². The fourth-order valence-electron chi connectivity index (χ4n) is 2.56. The minimum absolute atomic E-state index is 0.346. The van der Waals surface area contributed by atoms with Crippen molar-refractivity contribution in [3.8, 4) is 0 Å². The first-order valence-electron chi connectivity index (χ1n) is 7.71. The van der Waals surface area contributed by atoms with E-state index in [9.17, 15) is 4.79 Å². The number of esters is 1. The van der Waals surface area contributed by atoms with Crippen LogP contribution in [0.15, 0.2) is 18.6 Å². The minimum atomic E-state index is -0.346. The number of hydrogen-bond donors (Lipinski definition) is 0. The van der Waals surface area contributed by atoms with Gasteiger partial charge in [-0.15, -0.1) is 0 Å². The number of carbonyl (C=O) groups excluding carboxylic acids is 1. The molecule has 2 rings (SSSR count). The second kappa shape index (κ2) is 7.20. The lowest BCUT2D eigenvalue weighted by Gasteiger charge is -2.11. The molecule has 0 saturated carbocycles. The number of rotatable bonds is 7. The summed E-state index contributed by atoms with van der Waals surface area (Å²) in [5.41, 5.74) is 1.52. The predicted molar refractivity (Wildman–Crippen MR) is 81.5 cm³/mol. The molecule has 0 saturated heterocycles. The van der Waals surface area contributed by atoms with Crippen molar-refractivity contribution in [3.05, 3.63) is 29.8 Å². The highest BCUT2D eigenvalue weighted by molar-refractivity contribution is 5.88. The summed E-state index contributed by atoms with van der Waals surface area (Å²) in [5, 5.41) is 0. The van der Waals surface area contributed by atoms with Crippen molar-refractivity contribution >= 4 is 11.7 Å². The molecule has 0 radical (unpaired) electrons. The van der Waals surface area contributed by atoms with Gasteiger partial charge in [-0.1, -0.05) is 26.7 Å². The molecule has 0 N–H and O–H groups in total. The second-order valence-electron chi connectivity index (χ2n) is 5.21. The van der Waals surface area contributed by atoms with Crippen molar-refractivity contribution in [2.75, 3.05) is 6.61 Å². The van der Waals surface area contributed by atoms with Gasteiger partial charge in [-0.2, -0.15) is 0 Å². The molecule has 21 heavy (non-hydrogen) atoms. The first-order valence-corrected chi connectivity index (χ1v) is 7.71. The van der Waals surface area contributed by atoms with Crippen LogP contribution in [-0.4, -0.2) is 26.9 Å². The number of nitrogens with zero attached hydrogens (tertiary/aromatic N) is 3. The van der Waals surface area contributed by atoms with Crippen LogP contribution in [0.3, 0.4) is 0 Å². The average Bonchev–Trinajstić information content (AvgIpc) is 2.90. The first kappa shape index (κ1) is 15.5. The first-order chi connectivity index (χ1) is 10.2. The minimum Gasteiger partial charge on any atom is -0.462 e. The van der Waals surface area contributed by atoms with Crippen LogP contribution in [0.25, 0.3) is 5.78 Å². The molecular weight excluding hydrogens is 266 g/mol. The number of fused-ring (bicyclic) bond motifs is 1. The third-order valence-corrected chi connectivity index (χ3v) is 3.53. The van der Waals surface area contributed by atoms with Gasteiger partial charge >= 0.3 is 5.97 Å². The summed E-state index contributed by atoms with van der Waals surface area (Å²) >= 11 is 0. The van der Waals surface area contributed by atoms with Gasteiger partial charge in [-0.05, 0) is 19.8 Å². The SMILES string of the molecule is CCCC(CCC)c1cn2cc(C(=O)OCC)cnc2n1. The van der Waals surface area contributed by atoms with E-state index in [1.807, 2.05) is 10.6 Å². The Kier molecular flexibility index (Phi) is 5.31. The standard InChI is InChI=1S/C16H23N3O2/c1-4-7-12(8-5-2)14-11-19-10-13(15(20)21-6-3)9-17-16(19)18-14/h9-12H,4-8H2,1-3H3. The quantitative estimate of drug-likeness (QED) is 0.731. The zero-order valence-electron chi connectivity index (χ0n) is 13.0. The van der Waals surface area contributed by atoms with E-state index >= 15 is 0 Å². The van der Waals surface area contributed by atoms with E-state index in [0.29, 0.717) is 23.9 Å². The van der Waals surface area contributed by atoms with Crippen LogP contribution in [0.1, 0.15) is 68.4 Å². The summed E-state index contributed by atoms with van der Waals surface area (Å²) < 4.78 is 6.81. The highest BCUT2D eigenvalue weighted by Gasteiger charge is 2.15. The van der Waals surface area contributed by atoms with Crippen molar-refractivity contribution in [2.24, 2.45) is 0 Å². The Hall–Kier alpha value is -1.91. The molecule has 0 aromatic carbocycles. The highest BCUT2D eigenvalue weighted by Crippen LogP contribution is 2.25. The van der Waals surface area contributed by atoms with Crippen molar-refractivity contribution in [1.82, 2.24) is 14.4 Å². The highest BCUT2D eigenvalue weighted by atomic mass is 16.5. The smallest absolute Gasteiger partial charge is 0.341 e. The molecular formula is C16H23N3O2.